The maximum Gasteiger partial charge on any atom is 0.224 e. The molecule has 0 saturated carbocycles. The Hall–Kier alpha value is -1.91. The molecule has 0 saturated heterocycles. The van der Waals surface area contributed by atoms with Crippen molar-refractivity contribution in [2.24, 2.45) is 0 Å². The summed E-state index contributed by atoms with van der Waals surface area (Å²) in [6.45, 7) is 8.12. The van der Waals surface area contributed by atoms with Crippen molar-refractivity contribution in [1.29, 1.82) is 0 Å². The first kappa shape index (κ1) is 11.6. The number of hydrogen-bond acceptors (Lipinski definition) is 4. The van der Waals surface area contributed by atoms with Crippen molar-refractivity contribution in [2.75, 3.05) is 12.4 Å². The molecule has 5 nitrogen and oxygen atoms in total. The van der Waals surface area contributed by atoms with E-state index in [9.17, 15) is 0 Å². The second kappa shape index (κ2) is 4.16. The minimum Gasteiger partial charge on any atom is -0.357 e. The molecule has 2 aromatic rings. The minimum absolute atomic E-state index is 0.607. The van der Waals surface area contributed by atoms with E-state index in [2.05, 4.69) is 34.2 Å². The first-order valence-electron chi connectivity index (χ1n) is 5.59. The fourth-order valence-corrected chi connectivity index (χ4v) is 1.69. The molecule has 2 rings (SSSR count). The van der Waals surface area contributed by atoms with Gasteiger partial charge in [0.15, 0.2) is 5.82 Å². The molecule has 0 radical (unpaired) electrons. The zero-order valence-corrected chi connectivity index (χ0v) is 10.9. The van der Waals surface area contributed by atoms with Gasteiger partial charge in [-0.3, -0.25) is 0 Å². The topological polar surface area (TPSA) is 55.6 Å². The molecule has 0 aliphatic heterocycles. The summed E-state index contributed by atoms with van der Waals surface area (Å²) >= 11 is 0. The molecule has 0 aliphatic carbocycles. The normalized spacial score (nSPS) is 10.6. The molecule has 0 aromatic carbocycles. The van der Waals surface area contributed by atoms with E-state index in [0.717, 1.165) is 22.8 Å². The van der Waals surface area contributed by atoms with Gasteiger partial charge in [-0.05, 0) is 33.3 Å². The van der Waals surface area contributed by atoms with Crippen LogP contribution in [0.25, 0.3) is 5.82 Å². The molecule has 0 unspecified atom stereocenters. The van der Waals surface area contributed by atoms with E-state index in [1.165, 1.54) is 5.56 Å². The van der Waals surface area contributed by atoms with Gasteiger partial charge in [-0.25, -0.2) is 9.67 Å². The molecule has 0 aliphatic rings. The molecule has 17 heavy (non-hydrogen) atoms. The molecule has 2 heterocycles. The van der Waals surface area contributed by atoms with Crippen LogP contribution in [0.5, 0.6) is 0 Å². The summed E-state index contributed by atoms with van der Waals surface area (Å²) in [5.41, 5.74) is 4.36. The molecule has 0 atom stereocenters. The number of hydrogen-bond donors (Lipinski definition) is 1. The largest absolute Gasteiger partial charge is 0.357 e. The van der Waals surface area contributed by atoms with Crippen molar-refractivity contribution in [3.63, 3.8) is 0 Å². The Balaban J connectivity index is 2.63. The van der Waals surface area contributed by atoms with Gasteiger partial charge in [0.1, 0.15) is 0 Å². The lowest BCUT2D eigenvalue weighted by molar-refractivity contribution is 0.793. The van der Waals surface area contributed by atoms with Gasteiger partial charge in [0.25, 0.3) is 0 Å². The highest BCUT2D eigenvalue weighted by Crippen LogP contribution is 2.18. The van der Waals surface area contributed by atoms with Crippen LogP contribution in [-0.2, 0) is 0 Å². The lowest BCUT2D eigenvalue weighted by Gasteiger charge is -2.08. The van der Waals surface area contributed by atoms with Crippen LogP contribution in [0.4, 0.5) is 5.95 Å². The average molecular weight is 231 g/mol. The quantitative estimate of drug-likeness (QED) is 0.858. The van der Waals surface area contributed by atoms with E-state index in [1.807, 2.05) is 18.5 Å². The summed E-state index contributed by atoms with van der Waals surface area (Å²) in [4.78, 5) is 8.63. The third kappa shape index (κ3) is 1.88. The molecule has 0 fully saturated rings. The second-order valence-corrected chi connectivity index (χ2v) is 4.16. The highest BCUT2D eigenvalue weighted by atomic mass is 15.3. The Morgan fingerprint density at radius 1 is 1.18 bits per heavy atom. The highest BCUT2D eigenvalue weighted by molar-refractivity contribution is 5.40. The Kier molecular flexibility index (Phi) is 2.83. The van der Waals surface area contributed by atoms with Gasteiger partial charge in [-0.15, -0.1) is 0 Å². The molecule has 0 bridgehead atoms. The van der Waals surface area contributed by atoms with Crippen molar-refractivity contribution in [3.8, 4) is 5.82 Å². The van der Waals surface area contributed by atoms with Crippen molar-refractivity contribution < 1.29 is 0 Å². The number of anilines is 1. The van der Waals surface area contributed by atoms with Crippen molar-refractivity contribution in [1.82, 2.24) is 19.7 Å². The number of nitrogens with zero attached hydrogens (tertiary/aromatic N) is 4. The molecule has 90 valence electrons. The van der Waals surface area contributed by atoms with Crippen LogP contribution in [-0.4, -0.2) is 26.8 Å². The summed E-state index contributed by atoms with van der Waals surface area (Å²) in [5.74, 6) is 1.44. The van der Waals surface area contributed by atoms with Gasteiger partial charge < -0.3 is 5.32 Å². The van der Waals surface area contributed by atoms with Crippen LogP contribution >= 0.6 is 0 Å². The van der Waals surface area contributed by atoms with Gasteiger partial charge in [0, 0.05) is 24.5 Å². The minimum atomic E-state index is 0.607. The Bertz CT molecular complexity index is 556. The number of aromatic nitrogens is 4. The van der Waals surface area contributed by atoms with E-state index in [4.69, 9.17) is 0 Å². The van der Waals surface area contributed by atoms with Gasteiger partial charge in [0.2, 0.25) is 5.95 Å². The molecular formula is C12H17N5. The summed E-state index contributed by atoms with van der Waals surface area (Å²) < 4.78 is 1.88. The van der Waals surface area contributed by atoms with Gasteiger partial charge in [-0.2, -0.15) is 10.1 Å². The van der Waals surface area contributed by atoms with Crippen LogP contribution in [0.15, 0.2) is 6.20 Å². The predicted molar refractivity (Wildman–Crippen MR) is 67.6 cm³/mol. The van der Waals surface area contributed by atoms with Crippen LogP contribution < -0.4 is 5.32 Å². The fraction of sp³-hybridized carbons (Fsp3) is 0.417. The first-order chi connectivity index (χ1) is 8.04. The zero-order chi connectivity index (χ0) is 12.6. The Morgan fingerprint density at radius 2 is 1.88 bits per heavy atom. The Labute approximate surface area is 101 Å². The molecule has 2 aromatic heterocycles. The van der Waals surface area contributed by atoms with E-state index in [-0.39, 0.29) is 0 Å². The smallest absolute Gasteiger partial charge is 0.224 e. The maximum absolute atomic E-state index is 4.51. The first-order valence-corrected chi connectivity index (χ1v) is 5.59. The molecule has 5 heteroatoms. The van der Waals surface area contributed by atoms with Crippen LogP contribution in [0.2, 0.25) is 0 Å². The third-order valence-corrected chi connectivity index (χ3v) is 3.02. The highest BCUT2D eigenvalue weighted by Gasteiger charge is 2.12. The van der Waals surface area contributed by atoms with Crippen molar-refractivity contribution in [2.45, 2.75) is 27.7 Å². The zero-order valence-electron chi connectivity index (χ0n) is 10.9. The lowest BCUT2D eigenvalue weighted by atomic mass is 10.2. The monoisotopic (exact) mass is 231 g/mol. The number of nitrogens with one attached hydrogen (secondary N) is 1. The second-order valence-electron chi connectivity index (χ2n) is 4.16. The van der Waals surface area contributed by atoms with E-state index in [1.54, 1.807) is 13.2 Å². The van der Waals surface area contributed by atoms with Gasteiger partial charge in [-0.1, -0.05) is 0 Å². The van der Waals surface area contributed by atoms with Gasteiger partial charge in [0.05, 0.1) is 5.69 Å². The van der Waals surface area contributed by atoms with Gasteiger partial charge >= 0.3 is 0 Å². The molecule has 0 amide bonds. The maximum atomic E-state index is 4.51. The third-order valence-electron chi connectivity index (χ3n) is 3.02. The van der Waals surface area contributed by atoms with Crippen LogP contribution in [0.1, 0.15) is 22.5 Å². The van der Waals surface area contributed by atoms with E-state index < -0.39 is 0 Å². The molecule has 0 spiro atoms. The standard InChI is InChI=1S/C12H17N5/c1-7-6-14-12(13-5)15-11(7)17-10(4)8(2)9(3)16-17/h6H,1-5H3,(H,13,14,15). The summed E-state index contributed by atoms with van der Waals surface area (Å²) in [6, 6.07) is 0. The summed E-state index contributed by atoms with van der Waals surface area (Å²) in [7, 11) is 1.81. The summed E-state index contributed by atoms with van der Waals surface area (Å²) in [5, 5.41) is 7.46. The van der Waals surface area contributed by atoms with Crippen LogP contribution in [0, 0.1) is 27.7 Å². The fourth-order valence-electron chi connectivity index (χ4n) is 1.69. The SMILES string of the molecule is CNc1ncc(C)c(-n2nc(C)c(C)c2C)n1. The summed E-state index contributed by atoms with van der Waals surface area (Å²) in [6.07, 6.45) is 1.81. The number of rotatable bonds is 2. The predicted octanol–water partition coefficient (Wildman–Crippen LogP) is 1.94. The van der Waals surface area contributed by atoms with Crippen molar-refractivity contribution >= 4 is 5.95 Å². The Morgan fingerprint density at radius 3 is 2.41 bits per heavy atom. The average Bonchev–Trinajstić information content (AvgIpc) is 2.58. The van der Waals surface area contributed by atoms with Crippen molar-refractivity contribution in [3.05, 3.63) is 28.7 Å². The van der Waals surface area contributed by atoms with E-state index >= 15 is 0 Å². The molecule has 1 N–H and O–H groups in total. The lowest BCUT2D eigenvalue weighted by Crippen LogP contribution is -2.08. The molecular weight excluding hydrogens is 214 g/mol. The van der Waals surface area contributed by atoms with E-state index in [0.29, 0.717) is 5.95 Å². The number of aryl methyl sites for hydroxylation is 2. The van der Waals surface area contributed by atoms with Crippen LogP contribution in [0.3, 0.4) is 0 Å².